The van der Waals surface area contributed by atoms with Gasteiger partial charge in [0.05, 0.1) is 36.6 Å². The molecule has 1 aromatic carbocycles. The van der Waals surface area contributed by atoms with Crippen LogP contribution in [0.2, 0.25) is 0 Å². The number of nitrogens with zero attached hydrogens (tertiary/aromatic N) is 1. The molecular formula is C37H58N6O13S. The normalized spacial score (nSPS) is 17.9. The zero-order valence-corrected chi connectivity index (χ0v) is 33.8. The number of nitrogens with one attached hydrogen (secondary N) is 4. The standard InChI is InChI=1S/C18H29N5O7S.C17H23NO6.C2H6/c1-12(2)17(18(27)21-6-7-24)22-15(25)10-14(23-16(26)4-8-30-23)13(19)11-20-5-3-9-31(28)29;1-18-13-4-2-12(9-23-10-19)11(6-13)3-5-15-7-14(20)8-16(24-15)17(21)22;1-2/h4,7-8,11-12,14,17,20H,3,5-6,9-10,19H2,1-2H3,(H,21,27)(H,22,25)(H,28,29);2,4,6,10,14-16,18,20H,3,5,7-9H2,1H3,(H,21,22);1-2H3/b13-11-;;. The van der Waals surface area contributed by atoms with Crippen LogP contribution in [0.15, 0.2) is 51.7 Å². The number of nitrogens with two attached hydrogens (primary N) is 1. The highest BCUT2D eigenvalue weighted by molar-refractivity contribution is 7.79. The lowest BCUT2D eigenvalue weighted by Gasteiger charge is -2.31. The highest BCUT2D eigenvalue weighted by Gasteiger charge is 2.32. The van der Waals surface area contributed by atoms with Crippen LogP contribution in [0.25, 0.3) is 0 Å². The molecule has 0 saturated carbocycles. The molecule has 3 rings (SSSR count). The molecule has 0 aliphatic carbocycles. The van der Waals surface area contributed by atoms with Gasteiger partial charge in [-0.3, -0.25) is 19.2 Å². The number of aliphatic hydroxyl groups is 1. The number of carbonyl (C=O) groups excluding carboxylic acids is 4. The number of aryl methyl sites for hydroxylation is 1. The van der Waals surface area contributed by atoms with Gasteiger partial charge in [0.2, 0.25) is 11.8 Å². The number of aromatic nitrogens is 1. The quantitative estimate of drug-likeness (QED) is 0.0470. The van der Waals surface area contributed by atoms with Crippen molar-refractivity contribution < 1.29 is 56.9 Å². The van der Waals surface area contributed by atoms with Crippen molar-refractivity contribution in [1.29, 1.82) is 0 Å². The number of amides is 2. The van der Waals surface area contributed by atoms with Crippen molar-refractivity contribution in [2.24, 2.45) is 11.7 Å². The van der Waals surface area contributed by atoms with Crippen LogP contribution in [0.4, 0.5) is 5.69 Å². The van der Waals surface area contributed by atoms with E-state index in [4.69, 9.17) is 29.4 Å². The van der Waals surface area contributed by atoms with E-state index in [1.807, 2.05) is 39.1 Å². The van der Waals surface area contributed by atoms with E-state index in [2.05, 4.69) is 21.3 Å². The number of benzene rings is 1. The van der Waals surface area contributed by atoms with Gasteiger partial charge in [0, 0.05) is 38.0 Å². The summed E-state index contributed by atoms with van der Waals surface area (Å²) in [5.74, 6) is -2.27. The molecule has 1 aliphatic rings. The fourth-order valence-corrected chi connectivity index (χ4v) is 5.94. The van der Waals surface area contributed by atoms with Crippen molar-refractivity contribution >= 4 is 47.3 Å². The number of carboxylic acids is 1. The lowest BCUT2D eigenvalue weighted by Crippen LogP contribution is -2.50. The van der Waals surface area contributed by atoms with Gasteiger partial charge in [0.25, 0.3) is 12.0 Å². The number of carboxylic acid groups (broad SMARTS) is 1. The monoisotopic (exact) mass is 826 g/mol. The van der Waals surface area contributed by atoms with Gasteiger partial charge in [0.1, 0.15) is 31.2 Å². The summed E-state index contributed by atoms with van der Waals surface area (Å²) in [6.45, 7) is 8.25. The second-order valence-corrected chi connectivity index (χ2v) is 13.9. The third kappa shape index (κ3) is 18.6. The van der Waals surface area contributed by atoms with Crippen molar-refractivity contribution in [3.63, 3.8) is 0 Å². The zero-order valence-electron chi connectivity index (χ0n) is 33.0. The van der Waals surface area contributed by atoms with E-state index in [-0.39, 0.29) is 49.5 Å². The Morgan fingerprint density at radius 3 is 2.44 bits per heavy atom. The predicted octanol–water partition coefficient (Wildman–Crippen LogP) is 1.18. The smallest absolute Gasteiger partial charge is 0.332 e. The molecule has 1 saturated heterocycles. The average Bonchev–Trinajstić information content (AvgIpc) is 3.61. The maximum atomic E-state index is 12.6. The summed E-state index contributed by atoms with van der Waals surface area (Å²) >= 11 is -1.90. The summed E-state index contributed by atoms with van der Waals surface area (Å²) in [6.07, 6.45) is 3.05. The number of hydrogen-bond donors (Lipinski definition) is 8. The van der Waals surface area contributed by atoms with Crippen LogP contribution in [0.5, 0.6) is 0 Å². The molecule has 9 N–H and O–H groups in total. The van der Waals surface area contributed by atoms with E-state index < -0.39 is 58.7 Å². The van der Waals surface area contributed by atoms with E-state index in [9.17, 15) is 38.1 Å². The number of aliphatic hydroxyl groups excluding tert-OH is 1. The first-order valence-corrected chi connectivity index (χ1v) is 19.8. The van der Waals surface area contributed by atoms with Crippen molar-refractivity contribution in [2.75, 3.05) is 31.2 Å². The Labute approximate surface area is 334 Å². The molecule has 0 radical (unpaired) electrons. The predicted molar refractivity (Wildman–Crippen MR) is 211 cm³/mol. The number of aldehydes is 1. The summed E-state index contributed by atoms with van der Waals surface area (Å²) in [6, 6.07) is 5.08. The van der Waals surface area contributed by atoms with E-state index in [1.165, 1.54) is 12.3 Å². The molecule has 6 atom stereocenters. The number of anilines is 1. The summed E-state index contributed by atoms with van der Waals surface area (Å²) in [4.78, 5) is 68.8. The van der Waals surface area contributed by atoms with Crippen LogP contribution >= 0.6 is 0 Å². The van der Waals surface area contributed by atoms with Crippen molar-refractivity contribution in [3.8, 4) is 0 Å². The largest absolute Gasteiger partial charge is 0.479 e. The Morgan fingerprint density at radius 2 is 1.86 bits per heavy atom. The molecule has 1 aromatic heterocycles. The molecule has 0 spiro atoms. The summed E-state index contributed by atoms with van der Waals surface area (Å²) in [5, 5.41) is 29.8. The van der Waals surface area contributed by atoms with Crippen molar-refractivity contribution in [3.05, 3.63) is 63.9 Å². The maximum absolute atomic E-state index is 12.6. The second-order valence-electron chi connectivity index (χ2n) is 12.9. The first-order chi connectivity index (χ1) is 27.2. The van der Waals surface area contributed by atoms with Crippen LogP contribution in [-0.2, 0) is 57.6 Å². The summed E-state index contributed by atoms with van der Waals surface area (Å²) in [5.41, 5.74) is 8.50. The molecule has 1 aliphatic heterocycles. The van der Waals surface area contributed by atoms with Crippen molar-refractivity contribution in [1.82, 2.24) is 20.7 Å². The number of ether oxygens (including phenoxy) is 2. The first kappa shape index (κ1) is 50.0. The lowest BCUT2D eigenvalue weighted by molar-refractivity contribution is -0.166. The minimum atomic E-state index is -1.90. The second kappa shape index (κ2) is 27.5. The SMILES string of the molecule is CC.CC(C)C(NC(=O)CC(/C(N)=C/NCCCS(=O)O)n1occc1=O)C(=O)NCC=O.CNc1ccc(COC=O)c(CCC2CC(O)CC(C(=O)O)O2)c1. The fraction of sp³-hybridized carbons (Fsp3) is 0.568. The van der Waals surface area contributed by atoms with Gasteiger partial charge >= 0.3 is 5.97 Å². The van der Waals surface area contributed by atoms with Gasteiger partial charge < -0.3 is 60.6 Å². The van der Waals surface area contributed by atoms with Gasteiger partial charge in [-0.15, -0.1) is 0 Å². The van der Waals surface area contributed by atoms with Gasteiger partial charge in [0.15, 0.2) is 17.2 Å². The summed E-state index contributed by atoms with van der Waals surface area (Å²) < 4.78 is 35.9. The molecule has 19 nitrogen and oxygen atoms in total. The molecule has 320 valence electrons. The van der Waals surface area contributed by atoms with E-state index in [0.29, 0.717) is 45.0 Å². The van der Waals surface area contributed by atoms with Gasteiger partial charge in [-0.1, -0.05) is 33.8 Å². The minimum absolute atomic E-state index is 0.0903. The van der Waals surface area contributed by atoms with E-state index in [1.54, 1.807) is 13.8 Å². The molecule has 57 heavy (non-hydrogen) atoms. The third-order valence-electron chi connectivity index (χ3n) is 8.37. The van der Waals surface area contributed by atoms with Crippen LogP contribution in [0, 0.1) is 5.92 Å². The van der Waals surface area contributed by atoms with Crippen molar-refractivity contribution in [2.45, 2.75) is 103 Å². The highest BCUT2D eigenvalue weighted by Crippen LogP contribution is 2.25. The third-order valence-corrected chi connectivity index (χ3v) is 9.01. The molecule has 2 heterocycles. The Kier molecular flexibility index (Phi) is 24.1. The Balaban J connectivity index is 0.000000561. The van der Waals surface area contributed by atoms with E-state index >= 15 is 0 Å². The number of hydrogen-bond acceptors (Lipinski definition) is 14. The Bertz CT molecular complexity index is 1660. The van der Waals surface area contributed by atoms with E-state index in [0.717, 1.165) is 27.8 Å². The van der Waals surface area contributed by atoms with Gasteiger partial charge in [-0.05, 0) is 54.9 Å². The first-order valence-electron chi connectivity index (χ1n) is 18.5. The lowest BCUT2D eigenvalue weighted by atomic mass is 9.95. The number of rotatable bonds is 22. The fourth-order valence-electron chi connectivity index (χ4n) is 5.55. The highest BCUT2D eigenvalue weighted by atomic mass is 32.2. The topological polar surface area (TPSA) is 291 Å². The molecule has 0 bridgehead atoms. The summed E-state index contributed by atoms with van der Waals surface area (Å²) in [7, 11) is 1.82. The van der Waals surface area contributed by atoms with Crippen LogP contribution in [0.3, 0.4) is 0 Å². The van der Waals surface area contributed by atoms with Gasteiger partial charge in [-0.2, -0.15) is 4.74 Å². The minimum Gasteiger partial charge on any atom is -0.479 e. The van der Waals surface area contributed by atoms with Gasteiger partial charge in [-0.25, -0.2) is 9.00 Å². The molecule has 20 heteroatoms. The van der Waals surface area contributed by atoms with Crippen LogP contribution < -0.4 is 32.6 Å². The molecule has 1 fully saturated rings. The van der Waals surface area contributed by atoms with Crippen LogP contribution in [0.1, 0.15) is 77.0 Å². The average molecular weight is 827 g/mol. The number of aliphatic carboxylic acids is 1. The number of allylic oxidation sites excluding steroid dienone is 1. The molecular weight excluding hydrogens is 769 g/mol. The Hall–Kier alpha value is -5.05. The maximum Gasteiger partial charge on any atom is 0.332 e. The Morgan fingerprint density at radius 1 is 1.14 bits per heavy atom. The molecule has 2 aromatic rings. The number of carbonyl (C=O) groups is 5. The van der Waals surface area contributed by atoms with Crippen LogP contribution in [-0.4, -0.2) is 105 Å². The zero-order chi connectivity index (χ0) is 42.9. The molecule has 2 amide bonds. The molecule has 6 unspecified atom stereocenters.